The zero-order chi connectivity index (χ0) is 9.40. The van der Waals surface area contributed by atoms with Gasteiger partial charge in [-0.25, -0.2) is 0 Å². The Morgan fingerprint density at radius 2 is 2.08 bits per heavy atom. The average Bonchev–Trinajstić information content (AvgIpc) is 2.10. The summed E-state index contributed by atoms with van der Waals surface area (Å²) in [6.07, 6.45) is 0. The number of halogens is 1. The summed E-state index contributed by atoms with van der Waals surface area (Å²) < 4.78 is 0. The number of hydrogen-bond donors (Lipinski definition) is 1. The Morgan fingerprint density at radius 1 is 1.42 bits per heavy atom. The van der Waals surface area contributed by atoms with Crippen LogP contribution in [0.3, 0.4) is 0 Å². The van der Waals surface area contributed by atoms with E-state index in [1.165, 1.54) is 11.5 Å². The summed E-state index contributed by atoms with van der Waals surface area (Å²) in [5, 5.41) is 4.60. The number of nitrogens with one attached hydrogen (secondary N) is 1. The monoisotopic (exact) mass is 253 g/mol. The lowest BCUT2D eigenvalue weighted by Gasteiger charge is -2.18. The van der Waals surface area contributed by atoms with Crippen LogP contribution in [0, 0.1) is 5.92 Å². The van der Waals surface area contributed by atoms with Crippen molar-refractivity contribution in [2.45, 2.75) is 26.8 Å². The predicted octanol–water partition coefficient (Wildman–Crippen LogP) is 2.75. The third kappa shape index (κ3) is 6.32. The Hall–Kier alpha value is 0.790. The summed E-state index contributed by atoms with van der Waals surface area (Å²) in [4.78, 5) is 0. The van der Waals surface area contributed by atoms with Gasteiger partial charge in [0, 0.05) is 23.7 Å². The SMILES string of the molecule is CCSCCNC(C)C(C)CBr. The Morgan fingerprint density at radius 3 is 2.58 bits per heavy atom. The van der Waals surface area contributed by atoms with Gasteiger partial charge in [0.1, 0.15) is 0 Å². The minimum Gasteiger partial charge on any atom is -0.313 e. The van der Waals surface area contributed by atoms with Crippen LogP contribution in [0.4, 0.5) is 0 Å². The van der Waals surface area contributed by atoms with Gasteiger partial charge >= 0.3 is 0 Å². The van der Waals surface area contributed by atoms with Crippen molar-refractivity contribution in [3.63, 3.8) is 0 Å². The topological polar surface area (TPSA) is 12.0 Å². The first-order valence-electron chi connectivity index (χ1n) is 4.59. The molecule has 2 unspecified atom stereocenters. The van der Waals surface area contributed by atoms with Crippen LogP contribution >= 0.6 is 27.7 Å². The maximum atomic E-state index is 3.52. The molecule has 0 fully saturated rings. The van der Waals surface area contributed by atoms with E-state index in [4.69, 9.17) is 0 Å². The second kappa shape index (κ2) is 8.39. The van der Waals surface area contributed by atoms with Gasteiger partial charge in [0.25, 0.3) is 0 Å². The van der Waals surface area contributed by atoms with Gasteiger partial charge in [-0.05, 0) is 18.6 Å². The normalized spacial score (nSPS) is 16.0. The molecule has 0 aliphatic heterocycles. The van der Waals surface area contributed by atoms with Gasteiger partial charge in [0.05, 0.1) is 0 Å². The van der Waals surface area contributed by atoms with E-state index in [2.05, 4.69) is 42.0 Å². The Balaban J connectivity index is 3.24. The molecule has 0 aromatic rings. The molecule has 0 amide bonds. The maximum absolute atomic E-state index is 3.52. The van der Waals surface area contributed by atoms with Gasteiger partial charge in [0.2, 0.25) is 0 Å². The van der Waals surface area contributed by atoms with Crippen LogP contribution in [0.15, 0.2) is 0 Å². The van der Waals surface area contributed by atoms with Crippen molar-refractivity contribution in [3.05, 3.63) is 0 Å². The smallest absolute Gasteiger partial charge is 0.00726 e. The molecule has 0 aromatic heterocycles. The molecular formula is C9H20BrNS. The maximum Gasteiger partial charge on any atom is 0.00726 e. The first kappa shape index (κ1) is 12.8. The van der Waals surface area contributed by atoms with Crippen LogP contribution in [0.1, 0.15) is 20.8 Å². The van der Waals surface area contributed by atoms with Crippen LogP contribution in [-0.2, 0) is 0 Å². The van der Waals surface area contributed by atoms with Gasteiger partial charge in [-0.15, -0.1) is 0 Å². The molecule has 0 aliphatic rings. The molecule has 2 atom stereocenters. The first-order chi connectivity index (χ1) is 5.72. The molecule has 0 aliphatic carbocycles. The van der Waals surface area contributed by atoms with Crippen LogP contribution in [0.2, 0.25) is 0 Å². The van der Waals surface area contributed by atoms with Crippen molar-refractivity contribution in [2.24, 2.45) is 5.92 Å². The largest absolute Gasteiger partial charge is 0.313 e. The quantitative estimate of drug-likeness (QED) is 0.554. The fraction of sp³-hybridized carbons (Fsp3) is 1.00. The average molecular weight is 254 g/mol. The van der Waals surface area contributed by atoms with Gasteiger partial charge < -0.3 is 5.32 Å². The molecule has 0 aromatic carbocycles. The van der Waals surface area contributed by atoms with Gasteiger partial charge in [-0.1, -0.05) is 29.8 Å². The fourth-order valence-electron chi connectivity index (χ4n) is 0.838. The lowest BCUT2D eigenvalue weighted by Crippen LogP contribution is -2.34. The summed E-state index contributed by atoms with van der Waals surface area (Å²) in [6.45, 7) is 7.86. The second-order valence-corrected chi connectivity index (χ2v) is 5.11. The molecule has 0 bridgehead atoms. The summed E-state index contributed by atoms with van der Waals surface area (Å²) in [5.74, 6) is 3.18. The van der Waals surface area contributed by atoms with Crippen LogP contribution in [0.25, 0.3) is 0 Å². The third-order valence-electron chi connectivity index (χ3n) is 2.01. The van der Waals surface area contributed by atoms with E-state index >= 15 is 0 Å². The summed E-state index contributed by atoms with van der Waals surface area (Å²) in [7, 11) is 0. The molecule has 74 valence electrons. The van der Waals surface area contributed by atoms with Gasteiger partial charge in [0.15, 0.2) is 0 Å². The Kier molecular flexibility index (Phi) is 8.94. The number of thioether (sulfide) groups is 1. The Bertz CT molecular complexity index is 101. The van der Waals surface area contributed by atoms with Gasteiger partial charge in [-0.2, -0.15) is 11.8 Å². The highest BCUT2D eigenvalue weighted by molar-refractivity contribution is 9.09. The van der Waals surface area contributed by atoms with Crippen molar-refractivity contribution in [1.29, 1.82) is 0 Å². The molecule has 1 nitrogen and oxygen atoms in total. The lowest BCUT2D eigenvalue weighted by molar-refractivity contribution is 0.446. The van der Waals surface area contributed by atoms with Crippen molar-refractivity contribution in [2.75, 3.05) is 23.4 Å². The van der Waals surface area contributed by atoms with E-state index in [0.29, 0.717) is 6.04 Å². The van der Waals surface area contributed by atoms with Crippen LogP contribution in [0.5, 0.6) is 0 Å². The summed E-state index contributed by atoms with van der Waals surface area (Å²) in [6, 6.07) is 0.627. The minimum atomic E-state index is 0.627. The minimum absolute atomic E-state index is 0.627. The fourth-order valence-corrected chi connectivity index (χ4v) is 1.95. The van der Waals surface area contributed by atoms with Crippen LogP contribution in [-0.4, -0.2) is 29.4 Å². The van der Waals surface area contributed by atoms with E-state index in [0.717, 1.165) is 17.8 Å². The zero-order valence-corrected chi connectivity index (χ0v) is 10.7. The third-order valence-corrected chi connectivity index (χ3v) is 3.94. The standard InChI is InChI=1S/C9H20BrNS/c1-4-12-6-5-11-9(3)8(2)7-10/h8-9,11H,4-7H2,1-3H3. The van der Waals surface area contributed by atoms with Crippen molar-refractivity contribution >= 4 is 27.7 Å². The van der Waals surface area contributed by atoms with Crippen molar-refractivity contribution in [3.8, 4) is 0 Å². The molecular weight excluding hydrogens is 234 g/mol. The second-order valence-electron chi connectivity index (χ2n) is 3.07. The molecule has 3 heteroatoms. The number of alkyl halides is 1. The molecule has 0 saturated carbocycles. The van der Waals surface area contributed by atoms with Crippen molar-refractivity contribution in [1.82, 2.24) is 5.32 Å². The van der Waals surface area contributed by atoms with Crippen molar-refractivity contribution < 1.29 is 0 Å². The number of hydrogen-bond acceptors (Lipinski definition) is 2. The van der Waals surface area contributed by atoms with E-state index in [1.807, 2.05) is 11.8 Å². The molecule has 0 radical (unpaired) electrons. The molecule has 0 rings (SSSR count). The van der Waals surface area contributed by atoms with E-state index in [-0.39, 0.29) is 0 Å². The van der Waals surface area contributed by atoms with E-state index in [9.17, 15) is 0 Å². The summed E-state index contributed by atoms with van der Waals surface area (Å²) >= 11 is 5.49. The van der Waals surface area contributed by atoms with Crippen LogP contribution < -0.4 is 5.32 Å². The van der Waals surface area contributed by atoms with E-state index in [1.54, 1.807) is 0 Å². The Labute approximate surface area is 89.2 Å². The molecule has 0 saturated heterocycles. The first-order valence-corrected chi connectivity index (χ1v) is 6.87. The lowest BCUT2D eigenvalue weighted by atomic mass is 10.1. The van der Waals surface area contributed by atoms with Gasteiger partial charge in [-0.3, -0.25) is 0 Å². The zero-order valence-electron chi connectivity index (χ0n) is 8.27. The van der Waals surface area contributed by atoms with E-state index < -0.39 is 0 Å². The molecule has 0 heterocycles. The molecule has 0 spiro atoms. The highest BCUT2D eigenvalue weighted by atomic mass is 79.9. The molecule has 12 heavy (non-hydrogen) atoms. The summed E-state index contributed by atoms with van der Waals surface area (Å²) in [5.41, 5.74) is 0. The highest BCUT2D eigenvalue weighted by Crippen LogP contribution is 2.05. The predicted molar refractivity (Wildman–Crippen MR) is 63.4 cm³/mol. The number of rotatable bonds is 7. The molecule has 1 N–H and O–H groups in total. The highest BCUT2D eigenvalue weighted by Gasteiger charge is 2.08.